The van der Waals surface area contributed by atoms with Crippen molar-refractivity contribution in [1.82, 2.24) is 15.5 Å². The van der Waals surface area contributed by atoms with Crippen LogP contribution in [0.15, 0.2) is 36.4 Å². The number of carbonyl (C=O) groups excluding carboxylic acids is 1. The molecule has 1 aliphatic heterocycles. The van der Waals surface area contributed by atoms with Gasteiger partial charge in [0.15, 0.2) is 17.5 Å². The van der Waals surface area contributed by atoms with Crippen LogP contribution in [0.2, 0.25) is 0 Å². The number of aromatic nitrogens is 2. The number of H-pyrrole nitrogens is 1. The molecule has 1 amide bonds. The summed E-state index contributed by atoms with van der Waals surface area (Å²) in [6.45, 7) is 1.95. The largest absolute Gasteiger partial charge is 0.312 e. The van der Waals surface area contributed by atoms with Crippen LogP contribution in [0, 0.1) is 23.4 Å². The van der Waals surface area contributed by atoms with Gasteiger partial charge in [0.1, 0.15) is 5.82 Å². The van der Waals surface area contributed by atoms with Crippen molar-refractivity contribution >= 4 is 11.7 Å². The first kappa shape index (κ1) is 22.3. The molecule has 2 fully saturated rings. The second-order valence-corrected chi connectivity index (χ2v) is 10.2. The van der Waals surface area contributed by atoms with E-state index in [0.29, 0.717) is 23.4 Å². The van der Waals surface area contributed by atoms with Gasteiger partial charge in [-0.2, -0.15) is 5.10 Å². The Bertz CT molecular complexity index is 1280. The first-order valence-corrected chi connectivity index (χ1v) is 12.3. The van der Waals surface area contributed by atoms with Gasteiger partial charge in [0.05, 0.1) is 0 Å². The number of nitrogens with one attached hydrogen (secondary N) is 3. The monoisotopic (exact) mass is 480 g/mol. The molecule has 1 aromatic heterocycles. The van der Waals surface area contributed by atoms with E-state index >= 15 is 0 Å². The molecule has 35 heavy (non-hydrogen) atoms. The fourth-order valence-corrected chi connectivity index (χ4v) is 5.49. The maximum absolute atomic E-state index is 14.7. The quantitative estimate of drug-likeness (QED) is 0.393. The lowest BCUT2D eigenvalue weighted by molar-refractivity contribution is -0.116. The number of hydrogen-bond acceptors (Lipinski definition) is 3. The van der Waals surface area contributed by atoms with Crippen LogP contribution in [0.1, 0.15) is 77.8 Å². The molecule has 8 heteroatoms. The minimum atomic E-state index is -1.24. The molecular formula is C27H27F3N4O. The van der Waals surface area contributed by atoms with E-state index in [4.69, 9.17) is 0 Å². The van der Waals surface area contributed by atoms with Gasteiger partial charge in [-0.15, -0.1) is 0 Å². The van der Waals surface area contributed by atoms with Gasteiger partial charge >= 0.3 is 0 Å². The summed E-state index contributed by atoms with van der Waals surface area (Å²) in [7, 11) is 0. The third-order valence-corrected chi connectivity index (χ3v) is 7.67. The molecule has 5 nitrogen and oxygen atoms in total. The summed E-state index contributed by atoms with van der Waals surface area (Å²) in [5.41, 5.74) is 4.08. The maximum atomic E-state index is 14.7. The fourth-order valence-electron chi connectivity index (χ4n) is 5.49. The van der Waals surface area contributed by atoms with Crippen molar-refractivity contribution in [1.29, 1.82) is 0 Å². The van der Waals surface area contributed by atoms with Crippen molar-refractivity contribution in [2.24, 2.45) is 5.92 Å². The third-order valence-electron chi connectivity index (χ3n) is 7.67. The molecule has 0 saturated heterocycles. The van der Waals surface area contributed by atoms with Gasteiger partial charge < -0.3 is 10.6 Å². The number of nitrogens with zero attached hydrogens (tertiary/aromatic N) is 1. The number of halogens is 3. The zero-order valence-corrected chi connectivity index (χ0v) is 19.2. The van der Waals surface area contributed by atoms with Crippen molar-refractivity contribution in [2.45, 2.75) is 56.4 Å². The van der Waals surface area contributed by atoms with E-state index in [0.717, 1.165) is 43.6 Å². The summed E-state index contributed by atoms with van der Waals surface area (Å²) in [4.78, 5) is 12.3. The van der Waals surface area contributed by atoms with Gasteiger partial charge in [-0.3, -0.25) is 9.89 Å². The molecule has 3 aromatic rings. The van der Waals surface area contributed by atoms with Crippen LogP contribution < -0.4 is 10.6 Å². The van der Waals surface area contributed by atoms with Crippen LogP contribution in [0.3, 0.4) is 0 Å². The minimum Gasteiger partial charge on any atom is -0.312 e. The van der Waals surface area contributed by atoms with Crippen LogP contribution >= 0.6 is 0 Å². The summed E-state index contributed by atoms with van der Waals surface area (Å²) in [5.74, 6) is -2.53. The van der Waals surface area contributed by atoms with E-state index in [1.165, 1.54) is 24.0 Å². The molecule has 1 atom stereocenters. The number of anilines is 1. The Morgan fingerprint density at radius 3 is 2.60 bits per heavy atom. The second kappa shape index (κ2) is 8.82. The molecule has 0 spiro atoms. The van der Waals surface area contributed by atoms with E-state index in [-0.39, 0.29) is 23.8 Å². The predicted molar refractivity (Wildman–Crippen MR) is 126 cm³/mol. The van der Waals surface area contributed by atoms with Gasteiger partial charge in [0.2, 0.25) is 5.91 Å². The molecule has 0 bridgehead atoms. The zero-order valence-electron chi connectivity index (χ0n) is 19.2. The molecule has 6 rings (SSSR count). The second-order valence-electron chi connectivity index (χ2n) is 10.2. The van der Waals surface area contributed by atoms with Crippen LogP contribution in [0.5, 0.6) is 0 Å². The third kappa shape index (κ3) is 4.35. The standard InChI is InChI=1S/C27H27F3N4O/c28-21-11-23(30)22(29)9-19(21)20-10-24(35)32-27-25(20)26(33-34-27)18-7-17(8-18)16-3-1-2-15(6-16)13-31-12-14-4-5-14/h1-3,6,9,11,14,17-18,20,31H,4-5,7-8,10,12-13H2,(H2,32,33,34,35). The van der Waals surface area contributed by atoms with Gasteiger partial charge in [-0.05, 0) is 66.8 Å². The van der Waals surface area contributed by atoms with Crippen molar-refractivity contribution < 1.29 is 18.0 Å². The molecule has 0 radical (unpaired) electrons. The zero-order chi connectivity index (χ0) is 24.1. The van der Waals surface area contributed by atoms with E-state index in [1.54, 1.807) is 0 Å². The Hall–Kier alpha value is -3.13. The first-order chi connectivity index (χ1) is 17.0. The van der Waals surface area contributed by atoms with Crippen LogP contribution in [0.4, 0.5) is 19.0 Å². The van der Waals surface area contributed by atoms with Crippen molar-refractivity contribution in [3.8, 4) is 0 Å². The average Bonchev–Trinajstić information content (AvgIpc) is 3.54. The first-order valence-electron chi connectivity index (χ1n) is 12.3. The lowest BCUT2D eigenvalue weighted by Crippen LogP contribution is -2.27. The lowest BCUT2D eigenvalue weighted by Gasteiger charge is -2.37. The molecule has 2 saturated carbocycles. The highest BCUT2D eigenvalue weighted by Gasteiger charge is 2.40. The molecule has 1 unspecified atom stereocenters. The average molecular weight is 481 g/mol. The van der Waals surface area contributed by atoms with Gasteiger partial charge in [0, 0.05) is 42.1 Å². The molecule has 182 valence electrons. The van der Waals surface area contributed by atoms with Crippen LogP contribution in [-0.4, -0.2) is 22.6 Å². The number of rotatable bonds is 7. The highest BCUT2D eigenvalue weighted by atomic mass is 19.2. The van der Waals surface area contributed by atoms with Crippen molar-refractivity contribution in [2.75, 3.05) is 11.9 Å². The Labute approximate surface area is 201 Å². The van der Waals surface area contributed by atoms with E-state index in [1.807, 2.05) is 0 Å². The molecule has 2 heterocycles. The van der Waals surface area contributed by atoms with Crippen molar-refractivity contribution in [3.63, 3.8) is 0 Å². The highest BCUT2D eigenvalue weighted by molar-refractivity contribution is 5.94. The van der Waals surface area contributed by atoms with E-state index in [2.05, 4.69) is 45.1 Å². The topological polar surface area (TPSA) is 69.8 Å². The lowest BCUT2D eigenvalue weighted by atomic mass is 9.68. The Morgan fingerprint density at radius 1 is 1.00 bits per heavy atom. The van der Waals surface area contributed by atoms with Gasteiger partial charge in [-0.25, -0.2) is 13.2 Å². The fraction of sp³-hybridized carbons (Fsp3) is 0.407. The number of amides is 1. The Balaban J connectivity index is 1.21. The van der Waals surface area contributed by atoms with Gasteiger partial charge in [0.25, 0.3) is 0 Å². The molecule has 3 aliphatic rings. The number of carbonyl (C=O) groups is 1. The van der Waals surface area contributed by atoms with E-state index < -0.39 is 23.4 Å². The minimum absolute atomic E-state index is 0.0232. The number of aromatic amines is 1. The Kier molecular flexibility index (Phi) is 5.63. The predicted octanol–water partition coefficient (Wildman–Crippen LogP) is 5.46. The van der Waals surface area contributed by atoms with Crippen molar-refractivity contribution in [3.05, 3.63) is 81.8 Å². The number of benzene rings is 2. The normalized spacial score (nSPS) is 23.5. The highest BCUT2D eigenvalue weighted by Crippen LogP contribution is 2.51. The smallest absolute Gasteiger partial charge is 0.226 e. The number of fused-ring (bicyclic) bond motifs is 1. The van der Waals surface area contributed by atoms with Crippen LogP contribution in [0.25, 0.3) is 0 Å². The van der Waals surface area contributed by atoms with Gasteiger partial charge in [-0.1, -0.05) is 24.3 Å². The number of hydrogen-bond donors (Lipinski definition) is 3. The molecule has 2 aromatic carbocycles. The maximum Gasteiger partial charge on any atom is 0.226 e. The Morgan fingerprint density at radius 2 is 1.80 bits per heavy atom. The molecule has 2 aliphatic carbocycles. The summed E-state index contributed by atoms with van der Waals surface area (Å²) >= 11 is 0. The summed E-state index contributed by atoms with van der Waals surface area (Å²) in [5, 5.41) is 13.6. The van der Waals surface area contributed by atoms with E-state index in [9.17, 15) is 18.0 Å². The molecular weight excluding hydrogens is 453 g/mol. The summed E-state index contributed by atoms with van der Waals surface area (Å²) in [6, 6.07) is 10.1. The van der Waals surface area contributed by atoms with Crippen LogP contribution in [-0.2, 0) is 11.3 Å². The summed E-state index contributed by atoms with van der Waals surface area (Å²) in [6.07, 6.45) is 4.42. The summed E-state index contributed by atoms with van der Waals surface area (Å²) < 4.78 is 42.2. The molecule has 3 N–H and O–H groups in total. The SMILES string of the molecule is O=C1CC(c2cc(F)c(F)cc2F)c2c(n[nH]c2C2CC(c3cccc(CNCC4CC4)c3)C2)N1.